The number of para-hydroxylation sites is 1. The zero-order valence-corrected chi connectivity index (χ0v) is 12.2. The first-order chi connectivity index (χ1) is 9.95. The van der Waals surface area contributed by atoms with Crippen LogP contribution in [0.4, 0.5) is 5.69 Å². The molecule has 1 heterocycles. The number of benzene rings is 1. The summed E-state index contributed by atoms with van der Waals surface area (Å²) < 4.78 is 24.6. The van der Waals surface area contributed by atoms with Crippen molar-refractivity contribution < 1.29 is 13.5 Å². The van der Waals surface area contributed by atoms with Gasteiger partial charge < -0.3 is 10.4 Å². The molecule has 2 N–H and O–H groups in total. The number of sulfone groups is 1. The average Bonchev–Trinajstić information content (AvgIpc) is 2.45. The fourth-order valence-electron chi connectivity index (χ4n) is 1.82. The van der Waals surface area contributed by atoms with Crippen LogP contribution in [0, 0.1) is 0 Å². The molecule has 0 saturated carbocycles. The van der Waals surface area contributed by atoms with E-state index in [0.717, 1.165) is 17.1 Å². The maximum Gasteiger partial charge on any atom is 0.296 e. The molecule has 0 fully saturated rings. The summed E-state index contributed by atoms with van der Waals surface area (Å²) in [6.45, 7) is -0.160. The highest BCUT2D eigenvalue weighted by molar-refractivity contribution is 7.90. The van der Waals surface area contributed by atoms with Crippen molar-refractivity contribution >= 4 is 15.5 Å². The summed E-state index contributed by atoms with van der Waals surface area (Å²) in [6, 6.07) is 8.66. The third-order valence-corrected chi connectivity index (χ3v) is 3.87. The summed E-state index contributed by atoms with van der Waals surface area (Å²) in [4.78, 5) is 12.2. The summed E-state index contributed by atoms with van der Waals surface area (Å²) in [5, 5.41) is 15.4. The van der Waals surface area contributed by atoms with Gasteiger partial charge in [-0.3, -0.25) is 4.79 Å². The molecule has 0 aliphatic heterocycles. The van der Waals surface area contributed by atoms with Gasteiger partial charge in [-0.1, -0.05) is 18.2 Å². The van der Waals surface area contributed by atoms with Crippen molar-refractivity contribution in [2.75, 3.05) is 24.7 Å². The van der Waals surface area contributed by atoms with E-state index in [9.17, 15) is 13.2 Å². The van der Waals surface area contributed by atoms with Gasteiger partial charge in [-0.25, -0.2) is 8.42 Å². The lowest BCUT2D eigenvalue weighted by molar-refractivity contribution is 0.311. The van der Waals surface area contributed by atoms with Gasteiger partial charge in [-0.15, -0.1) is 0 Å². The zero-order valence-electron chi connectivity index (χ0n) is 11.4. The molecule has 8 heteroatoms. The van der Waals surface area contributed by atoms with E-state index >= 15 is 0 Å². The van der Waals surface area contributed by atoms with Crippen LogP contribution in [0.15, 0.2) is 46.2 Å². The van der Waals surface area contributed by atoms with E-state index in [1.807, 2.05) is 0 Å². The zero-order chi connectivity index (χ0) is 15.5. The van der Waals surface area contributed by atoms with Gasteiger partial charge in [0.05, 0.1) is 18.5 Å². The third kappa shape index (κ3) is 3.29. The lowest BCUT2D eigenvalue weighted by atomic mass is 10.3. The fraction of sp³-hybridized carbons (Fsp3) is 0.231. The second-order valence-corrected chi connectivity index (χ2v) is 6.34. The largest absolute Gasteiger partial charge is 0.395 e. The Morgan fingerprint density at radius 3 is 2.52 bits per heavy atom. The van der Waals surface area contributed by atoms with E-state index in [1.54, 1.807) is 30.3 Å². The van der Waals surface area contributed by atoms with Gasteiger partial charge in [0.25, 0.3) is 5.56 Å². The van der Waals surface area contributed by atoms with Gasteiger partial charge in [0.1, 0.15) is 10.6 Å². The summed E-state index contributed by atoms with van der Waals surface area (Å²) in [7, 11) is -3.61. The minimum atomic E-state index is -3.61. The second-order valence-electron chi connectivity index (χ2n) is 4.36. The lowest BCUT2D eigenvalue weighted by Crippen LogP contribution is -2.27. The smallest absolute Gasteiger partial charge is 0.296 e. The monoisotopic (exact) mass is 309 g/mol. The molecular weight excluding hydrogens is 294 g/mol. The molecule has 0 bridgehead atoms. The SMILES string of the molecule is CS(=O)(=O)c1cnn(-c2ccccc2)c(=O)c1NCCO. The minimum Gasteiger partial charge on any atom is -0.395 e. The molecule has 0 spiro atoms. The van der Waals surface area contributed by atoms with Crippen LogP contribution in [-0.4, -0.2) is 42.7 Å². The number of hydrogen-bond donors (Lipinski definition) is 2. The molecule has 1 aromatic carbocycles. The first-order valence-electron chi connectivity index (χ1n) is 6.17. The van der Waals surface area contributed by atoms with Crippen LogP contribution in [-0.2, 0) is 9.84 Å². The minimum absolute atomic E-state index is 0.0660. The predicted molar refractivity (Wildman–Crippen MR) is 78.5 cm³/mol. The first-order valence-corrected chi connectivity index (χ1v) is 8.07. The Hall–Kier alpha value is -2.19. The molecule has 0 atom stereocenters. The Balaban J connectivity index is 2.65. The van der Waals surface area contributed by atoms with E-state index in [0.29, 0.717) is 5.69 Å². The van der Waals surface area contributed by atoms with Crippen molar-refractivity contribution in [3.63, 3.8) is 0 Å². The van der Waals surface area contributed by atoms with Crippen LogP contribution in [0.2, 0.25) is 0 Å². The lowest BCUT2D eigenvalue weighted by Gasteiger charge is -2.12. The molecule has 0 aliphatic rings. The Morgan fingerprint density at radius 1 is 1.29 bits per heavy atom. The average molecular weight is 309 g/mol. The Bertz CT molecular complexity index is 785. The second kappa shape index (κ2) is 6.06. The summed E-state index contributed by atoms with van der Waals surface area (Å²) >= 11 is 0. The molecule has 2 aromatic rings. The molecule has 0 aliphatic carbocycles. The van der Waals surface area contributed by atoms with Gasteiger partial charge >= 0.3 is 0 Å². The topological polar surface area (TPSA) is 101 Å². The van der Waals surface area contributed by atoms with Crippen molar-refractivity contribution in [1.29, 1.82) is 0 Å². The van der Waals surface area contributed by atoms with Gasteiger partial charge in [-0.05, 0) is 12.1 Å². The third-order valence-electron chi connectivity index (χ3n) is 2.76. The van der Waals surface area contributed by atoms with E-state index in [4.69, 9.17) is 5.11 Å². The highest BCUT2D eigenvalue weighted by Gasteiger charge is 2.19. The van der Waals surface area contributed by atoms with E-state index < -0.39 is 15.4 Å². The van der Waals surface area contributed by atoms with Gasteiger partial charge in [0.2, 0.25) is 0 Å². The van der Waals surface area contributed by atoms with Crippen LogP contribution in [0.5, 0.6) is 0 Å². The molecule has 0 amide bonds. The molecule has 0 radical (unpaired) electrons. The highest BCUT2D eigenvalue weighted by Crippen LogP contribution is 2.16. The van der Waals surface area contributed by atoms with Crippen LogP contribution >= 0.6 is 0 Å². The molecule has 112 valence electrons. The number of aliphatic hydroxyl groups is 1. The van der Waals surface area contributed by atoms with E-state index in [-0.39, 0.29) is 23.7 Å². The summed E-state index contributed by atoms with van der Waals surface area (Å²) in [5.41, 5.74) is -0.155. The van der Waals surface area contributed by atoms with Crippen LogP contribution in [0.1, 0.15) is 0 Å². The van der Waals surface area contributed by atoms with Crippen molar-refractivity contribution in [2.45, 2.75) is 4.90 Å². The van der Waals surface area contributed by atoms with Crippen molar-refractivity contribution in [3.05, 3.63) is 46.9 Å². The number of rotatable bonds is 5. The van der Waals surface area contributed by atoms with E-state index in [1.165, 1.54) is 0 Å². The maximum atomic E-state index is 12.4. The van der Waals surface area contributed by atoms with Gasteiger partial charge in [0, 0.05) is 12.8 Å². The number of nitrogens with one attached hydrogen (secondary N) is 1. The van der Waals surface area contributed by atoms with Crippen LogP contribution in [0.3, 0.4) is 0 Å². The molecule has 0 saturated heterocycles. The van der Waals surface area contributed by atoms with E-state index in [2.05, 4.69) is 10.4 Å². The maximum absolute atomic E-state index is 12.4. The molecule has 2 rings (SSSR count). The van der Waals surface area contributed by atoms with Crippen LogP contribution in [0.25, 0.3) is 5.69 Å². The number of aliphatic hydroxyl groups excluding tert-OH is 1. The molecule has 21 heavy (non-hydrogen) atoms. The number of aromatic nitrogens is 2. The Labute approximate surface area is 121 Å². The first kappa shape index (κ1) is 15.2. The summed E-state index contributed by atoms with van der Waals surface area (Å²) in [6.07, 6.45) is 2.13. The van der Waals surface area contributed by atoms with Crippen molar-refractivity contribution in [2.24, 2.45) is 0 Å². The fourth-order valence-corrected chi connectivity index (χ4v) is 2.59. The molecule has 7 nitrogen and oxygen atoms in total. The quantitative estimate of drug-likeness (QED) is 0.808. The molecule has 0 unspecified atom stereocenters. The predicted octanol–water partition coefficient (Wildman–Crippen LogP) is 0.0402. The number of nitrogens with zero attached hydrogens (tertiary/aromatic N) is 2. The standard InChI is InChI=1S/C13H15N3O4S/c1-21(19,20)11-9-15-16(10-5-3-2-4-6-10)13(18)12(11)14-7-8-17/h2-6,9,14,17H,7-8H2,1H3. The highest BCUT2D eigenvalue weighted by atomic mass is 32.2. The Morgan fingerprint density at radius 2 is 1.95 bits per heavy atom. The molecule has 1 aromatic heterocycles. The normalized spacial score (nSPS) is 11.3. The Kier molecular flexibility index (Phi) is 4.39. The van der Waals surface area contributed by atoms with Crippen molar-refractivity contribution in [1.82, 2.24) is 9.78 Å². The van der Waals surface area contributed by atoms with Gasteiger partial charge in [0.15, 0.2) is 9.84 Å². The van der Waals surface area contributed by atoms with Crippen LogP contribution < -0.4 is 10.9 Å². The number of hydrogen-bond acceptors (Lipinski definition) is 6. The molecular formula is C13H15N3O4S. The number of anilines is 1. The van der Waals surface area contributed by atoms with Crippen molar-refractivity contribution in [3.8, 4) is 5.69 Å². The van der Waals surface area contributed by atoms with Gasteiger partial charge in [-0.2, -0.15) is 9.78 Å². The summed E-state index contributed by atoms with van der Waals surface area (Å²) in [5.74, 6) is 0.